The topological polar surface area (TPSA) is 56.0 Å². The van der Waals surface area contributed by atoms with Gasteiger partial charge in [-0.05, 0) is 17.2 Å². The number of carbonyl (C=O) groups excluding carboxylic acids is 1. The molecular weight excluding hydrogens is 394 g/mol. The molecule has 70 valence electrons. The molecule has 0 spiro atoms. The Labute approximate surface area is 104 Å². The van der Waals surface area contributed by atoms with Gasteiger partial charge in [-0.3, -0.25) is 9.78 Å². The van der Waals surface area contributed by atoms with Crippen LogP contribution in [0, 0.1) is 0 Å². The fourth-order valence-corrected chi connectivity index (χ4v) is 2.58. The van der Waals surface area contributed by atoms with Crippen molar-refractivity contribution in [1.29, 1.82) is 0 Å². The van der Waals surface area contributed by atoms with Crippen molar-refractivity contribution in [2.45, 2.75) is 8.86 Å². The number of alkyl halides is 2. The van der Waals surface area contributed by atoms with E-state index >= 15 is 0 Å². The predicted molar refractivity (Wildman–Crippen MR) is 68.2 cm³/mol. The van der Waals surface area contributed by atoms with Crippen LogP contribution in [-0.2, 0) is 8.86 Å². The van der Waals surface area contributed by atoms with E-state index in [2.05, 4.69) is 50.2 Å². The van der Waals surface area contributed by atoms with Gasteiger partial charge < -0.3 is 5.73 Å². The first-order chi connectivity index (χ1) is 6.20. The lowest BCUT2D eigenvalue weighted by Crippen LogP contribution is -2.16. The Balaban J connectivity index is 3.27. The van der Waals surface area contributed by atoms with E-state index in [9.17, 15) is 4.79 Å². The minimum atomic E-state index is -0.446. The second kappa shape index (κ2) is 5.08. The van der Waals surface area contributed by atoms with E-state index in [1.165, 1.54) is 0 Å². The number of nitrogens with two attached hydrogens (primary N) is 1. The number of amides is 1. The average molecular weight is 402 g/mol. The third kappa shape index (κ3) is 2.52. The minimum Gasteiger partial charge on any atom is -0.364 e. The highest BCUT2D eigenvalue weighted by atomic mass is 127. The largest absolute Gasteiger partial charge is 0.364 e. The molecule has 0 aliphatic carbocycles. The zero-order valence-corrected chi connectivity index (χ0v) is 11.1. The molecule has 0 unspecified atom stereocenters. The van der Waals surface area contributed by atoms with Crippen LogP contribution in [0.25, 0.3) is 0 Å². The Morgan fingerprint density at radius 1 is 1.46 bits per heavy atom. The lowest BCUT2D eigenvalue weighted by Gasteiger charge is -2.06. The summed E-state index contributed by atoms with van der Waals surface area (Å²) in [5.41, 5.74) is 7.71. The Hall–Kier alpha value is 0.0800. The van der Waals surface area contributed by atoms with Gasteiger partial charge in [0.15, 0.2) is 0 Å². The van der Waals surface area contributed by atoms with Crippen molar-refractivity contribution in [1.82, 2.24) is 4.98 Å². The number of primary amides is 1. The Bertz CT molecular complexity index is 328. The number of pyridine rings is 1. The fraction of sp³-hybridized carbons (Fsp3) is 0.250. The molecule has 0 radical (unpaired) electrons. The highest BCUT2D eigenvalue weighted by molar-refractivity contribution is 14.1. The first kappa shape index (κ1) is 11.2. The van der Waals surface area contributed by atoms with E-state index in [-0.39, 0.29) is 0 Å². The van der Waals surface area contributed by atoms with E-state index < -0.39 is 5.91 Å². The van der Waals surface area contributed by atoms with Gasteiger partial charge in [0.25, 0.3) is 5.91 Å². The van der Waals surface area contributed by atoms with Crippen LogP contribution in [0.1, 0.15) is 21.6 Å². The molecule has 1 amide bonds. The average Bonchev–Trinajstić information content (AvgIpc) is 2.16. The fourth-order valence-electron chi connectivity index (χ4n) is 1.02. The summed E-state index contributed by atoms with van der Waals surface area (Å²) >= 11 is 4.47. The molecule has 1 rings (SSSR count). The first-order valence-corrected chi connectivity index (χ1v) is 6.64. The van der Waals surface area contributed by atoms with Gasteiger partial charge in [-0.15, -0.1) is 0 Å². The van der Waals surface area contributed by atoms with Crippen molar-refractivity contribution in [2.75, 3.05) is 0 Å². The summed E-state index contributed by atoms with van der Waals surface area (Å²) in [5.74, 6) is -0.446. The van der Waals surface area contributed by atoms with Gasteiger partial charge in [-0.1, -0.05) is 45.2 Å². The zero-order valence-electron chi connectivity index (χ0n) is 6.76. The molecule has 1 heterocycles. The second-order valence-electron chi connectivity index (χ2n) is 2.43. The maximum Gasteiger partial charge on any atom is 0.267 e. The van der Waals surface area contributed by atoms with Crippen LogP contribution in [-0.4, -0.2) is 10.9 Å². The third-order valence-electron chi connectivity index (χ3n) is 1.66. The Morgan fingerprint density at radius 3 is 2.62 bits per heavy atom. The molecule has 2 N–H and O–H groups in total. The van der Waals surface area contributed by atoms with Crippen molar-refractivity contribution < 1.29 is 4.79 Å². The van der Waals surface area contributed by atoms with Gasteiger partial charge in [-0.25, -0.2) is 0 Å². The standard InChI is InChI=1S/C8H8I2N2O/c9-3-5-1-2-12-7(8(11)13)6(5)4-10/h1-2H,3-4H2,(H2,11,13). The number of carbonyl (C=O) groups is 1. The van der Waals surface area contributed by atoms with Crippen molar-refractivity contribution in [3.8, 4) is 0 Å². The van der Waals surface area contributed by atoms with Gasteiger partial charge in [0.1, 0.15) is 5.69 Å². The molecule has 0 aliphatic rings. The van der Waals surface area contributed by atoms with Crippen LogP contribution < -0.4 is 5.73 Å². The lowest BCUT2D eigenvalue weighted by atomic mass is 10.1. The summed E-state index contributed by atoms with van der Waals surface area (Å²) < 4.78 is 1.64. The number of rotatable bonds is 3. The molecule has 0 saturated heterocycles. The minimum absolute atomic E-state index is 0.406. The number of aromatic nitrogens is 1. The molecule has 3 nitrogen and oxygen atoms in total. The van der Waals surface area contributed by atoms with Gasteiger partial charge in [0.05, 0.1) is 0 Å². The highest BCUT2D eigenvalue weighted by Crippen LogP contribution is 2.18. The second-order valence-corrected chi connectivity index (χ2v) is 3.95. The SMILES string of the molecule is NC(=O)c1nccc(CI)c1CI. The summed E-state index contributed by atoms with van der Waals surface area (Å²) in [7, 11) is 0. The van der Waals surface area contributed by atoms with Crippen molar-refractivity contribution >= 4 is 51.1 Å². The number of hydrogen-bond donors (Lipinski definition) is 1. The number of halogens is 2. The molecule has 13 heavy (non-hydrogen) atoms. The lowest BCUT2D eigenvalue weighted by molar-refractivity contribution is 0.0995. The molecule has 1 aromatic rings. The maximum atomic E-state index is 11.0. The van der Waals surface area contributed by atoms with E-state index in [0.717, 1.165) is 20.0 Å². The van der Waals surface area contributed by atoms with Crippen LogP contribution in [0.3, 0.4) is 0 Å². The van der Waals surface area contributed by atoms with Crippen LogP contribution >= 0.6 is 45.2 Å². The summed E-state index contributed by atoms with van der Waals surface area (Å²) in [5, 5.41) is 0. The normalized spacial score (nSPS) is 10.0. The first-order valence-electron chi connectivity index (χ1n) is 3.59. The third-order valence-corrected chi connectivity index (χ3v) is 3.25. The van der Waals surface area contributed by atoms with Crippen LogP contribution in [0.15, 0.2) is 12.3 Å². The van der Waals surface area contributed by atoms with E-state index in [4.69, 9.17) is 5.73 Å². The summed E-state index contributed by atoms with van der Waals surface area (Å²) in [6, 6.07) is 1.92. The quantitative estimate of drug-likeness (QED) is 0.622. The van der Waals surface area contributed by atoms with Gasteiger partial charge >= 0.3 is 0 Å². The Morgan fingerprint density at radius 2 is 2.15 bits per heavy atom. The predicted octanol–water partition coefficient (Wildman–Crippen LogP) is 2.05. The van der Waals surface area contributed by atoms with Crippen molar-refractivity contribution in [2.24, 2.45) is 5.73 Å². The van der Waals surface area contributed by atoms with Gasteiger partial charge in [0, 0.05) is 15.1 Å². The molecule has 1 aromatic heterocycles. The van der Waals surface area contributed by atoms with Crippen LogP contribution in [0.2, 0.25) is 0 Å². The summed E-state index contributed by atoms with van der Waals surface area (Å²) in [4.78, 5) is 15.0. The summed E-state index contributed by atoms with van der Waals surface area (Å²) in [6.45, 7) is 0. The molecule has 0 bridgehead atoms. The van der Waals surface area contributed by atoms with Crippen LogP contribution in [0.5, 0.6) is 0 Å². The van der Waals surface area contributed by atoms with E-state index in [0.29, 0.717) is 5.69 Å². The van der Waals surface area contributed by atoms with Gasteiger partial charge in [0.2, 0.25) is 0 Å². The molecule has 0 aliphatic heterocycles. The summed E-state index contributed by atoms with van der Waals surface area (Å²) in [6.07, 6.45) is 1.63. The smallest absolute Gasteiger partial charge is 0.267 e. The number of hydrogen-bond acceptors (Lipinski definition) is 2. The van der Waals surface area contributed by atoms with E-state index in [1.54, 1.807) is 6.20 Å². The van der Waals surface area contributed by atoms with Crippen molar-refractivity contribution in [3.63, 3.8) is 0 Å². The molecule has 5 heteroatoms. The zero-order chi connectivity index (χ0) is 9.84. The molecule has 0 saturated carbocycles. The molecule has 0 atom stereocenters. The van der Waals surface area contributed by atoms with Crippen LogP contribution in [0.4, 0.5) is 0 Å². The molecule has 0 aromatic carbocycles. The van der Waals surface area contributed by atoms with E-state index in [1.807, 2.05) is 6.07 Å². The number of nitrogens with zero attached hydrogens (tertiary/aromatic N) is 1. The Kier molecular flexibility index (Phi) is 4.36. The highest BCUT2D eigenvalue weighted by Gasteiger charge is 2.11. The van der Waals surface area contributed by atoms with Gasteiger partial charge in [-0.2, -0.15) is 0 Å². The molecular formula is C8H8I2N2O. The maximum absolute atomic E-state index is 11.0. The monoisotopic (exact) mass is 402 g/mol. The van der Waals surface area contributed by atoms with Crippen molar-refractivity contribution in [3.05, 3.63) is 29.1 Å². The molecule has 0 fully saturated rings.